The van der Waals surface area contributed by atoms with Crippen molar-refractivity contribution in [3.05, 3.63) is 42.5 Å². The Morgan fingerprint density at radius 1 is 1.06 bits per heavy atom. The normalized spacial score (nSPS) is 10.5. The fraction of sp³-hybridized carbons (Fsp3) is 0.143. The summed E-state index contributed by atoms with van der Waals surface area (Å²) < 4.78 is 2.24. The van der Waals surface area contributed by atoms with E-state index >= 15 is 0 Å². The number of benzene rings is 2. The van der Waals surface area contributed by atoms with Crippen LogP contribution in [0.4, 0.5) is 5.69 Å². The topological polar surface area (TPSA) is 42.8 Å². The molecule has 0 fully saturated rings. The summed E-state index contributed by atoms with van der Waals surface area (Å²) in [6.07, 6.45) is 0. The van der Waals surface area contributed by atoms with Gasteiger partial charge in [-0.25, -0.2) is 4.98 Å². The van der Waals surface area contributed by atoms with E-state index in [0.717, 1.165) is 34.3 Å². The van der Waals surface area contributed by atoms with E-state index in [4.69, 9.17) is 5.73 Å². The second kappa shape index (κ2) is 5.06. The highest BCUT2D eigenvalue weighted by atomic mass is 127. The molecule has 3 rings (SSSR count). The van der Waals surface area contributed by atoms with Crippen LogP contribution in [0.25, 0.3) is 22.1 Å². The van der Waals surface area contributed by atoms with Gasteiger partial charge in [-0.2, -0.15) is 4.57 Å². The zero-order chi connectivity index (χ0) is 11.8. The van der Waals surface area contributed by atoms with Gasteiger partial charge in [-0.1, -0.05) is 12.1 Å². The Morgan fingerprint density at radius 2 is 1.78 bits per heavy atom. The van der Waals surface area contributed by atoms with Gasteiger partial charge < -0.3 is 29.7 Å². The second-order valence-corrected chi connectivity index (χ2v) is 4.09. The summed E-state index contributed by atoms with van der Waals surface area (Å²) in [4.78, 5) is 4.65. The summed E-state index contributed by atoms with van der Waals surface area (Å²) in [7, 11) is 0. The van der Waals surface area contributed by atoms with Crippen molar-refractivity contribution in [2.45, 2.75) is 13.5 Å². The fourth-order valence-electron chi connectivity index (χ4n) is 2.24. The number of anilines is 1. The number of hydrogen-bond acceptors (Lipinski definition) is 2. The minimum atomic E-state index is 0. The van der Waals surface area contributed by atoms with Gasteiger partial charge in [0, 0.05) is 17.8 Å². The van der Waals surface area contributed by atoms with E-state index < -0.39 is 0 Å². The molecule has 0 spiro atoms. The first kappa shape index (κ1) is 13.0. The monoisotopic (exact) mass is 351 g/mol. The number of nitrogens with two attached hydrogens (primary N) is 1. The summed E-state index contributed by atoms with van der Waals surface area (Å²) >= 11 is 0. The largest absolute Gasteiger partial charge is 1.00 e. The molecule has 0 aliphatic carbocycles. The van der Waals surface area contributed by atoms with Gasteiger partial charge in [-0.05, 0) is 25.1 Å². The molecule has 4 heteroatoms. The molecule has 0 atom stereocenters. The van der Waals surface area contributed by atoms with Gasteiger partial charge in [0.15, 0.2) is 0 Å². The van der Waals surface area contributed by atoms with Crippen LogP contribution in [0.2, 0.25) is 0 Å². The van der Waals surface area contributed by atoms with Crippen molar-refractivity contribution in [3.63, 3.8) is 0 Å². The van der Waals surface area contributed by atoms with Crippen LogP contribution in [-0.2, 0) is 6.54 Å². The molecular weight excluding hydrogens is 337 g/mol. The standard InChI is InChI=1S/C14H13N3.HI/c1-2-17-13-6-4-3-5-11(13)16-12-8-7-10(15)9-14(12)17;/h3-9,15H,2H2,1H3;1H. The summed E-state index contributed by atoms with van der Waals surface area (Å²) in [5.74, 6) is 0. The molecule has 0 saturated heterocycles. The van der Waals surface area contributed by atoms with E-state index in [1.807, 2.05) is 36.4 Å². The van der Waals surface area contributed by atoms with Crippen molar-refractivity contribution in [1.29, 1.82) is 0 Å². The highest BCUT2D eigenvalue weighted by Crippen LogP contribution is 2.16. The van der Waals surface area contributed by atoms with Crippen molar-refractivity contribution in [1.82, 2.24) is 4.98 Å². The van der Waals surface area contributed by atoms with Gasteiger partial charge in [-0.15, -0.1) is 0 Å². The van der Waals surface area contributed by atoms with Crippen LogP contribution in [0.3, 0.4) is 0 Å². The first-order valence-electron chi connectivity index (χ1n) is 5.77. The third-order valence-corrected chi connectivity index (χ3v) is 3.02. The zero-order valence-corrected chi connectivity index (χ0v) is 12.3. The molecule has 0 radical (unpaired) electrons. The first-order valence-corrected chi connectivity index (χ1v) is 5.77. The van der Waals surface area contributed by atoms with Gasteiger partial charge >= 0.3 is 0 Å². The lowest BCUT2D eigenvalue weighted by atomic mass is 10.2. The van der Waals surface area contributed by atoms with Gasteiger partial charge in [0.05, 0.1) is 0 Å². The Morgan fingerprint density at radius 3 is 2.56 bits per heavy atom. The number of nitrogens with zero attached hydrogens (tertiary/aromatic N) is 2. The maximum absolute atomic E-state index is 5.85. The van der Waals surface area contributed by atoms with Crippen LogP contribution in [0.15, 0.2) is 42.5 Å². The van der Waals surface area contributed by atoms with Crippen LogP contribution < -0.4 is 34.3 Å². The molecule has 0 saturated carbocycles. The number of nitrogen functional groups attached to an aromatic ring is 1. The number of halogens is 1. The average molecular weight is 351 g/mol. The summed E-state index contributed by atoms with van der Waals surface area (Å²) in [5, 5.41) is 0. The Bertz CT molecular complexity index is 710. The third-order valence-electron chi connectivity index (χ3n) is 3.02. The Hall–Kier alpha value is -1.43. The van der Waals surface area contributed by atoms with Gasteiger partial charge in [0.1, 0.15) is 17.6 Å². The predicted octanol–water partition coefficient (Wildman–Crippen LogP) is -0.718. The third kappa shape index (κ3) is 2.01. The van der Waals surface area contributed by atoms with E-state index in [0.29, 0.717) is 0 Å². The van der Waals surface area contributed by atoms with E-state index in [-0.39, 0.29) is 24.0 Å². The fourth-order valence-corrected chi connectivity index (χ4v) is 2.24. The maximum atomic E-state index is 5.85. The van der Waals surface area contributed by atoms with Crippen molar-refractivity contribution in [3.8, 4) is 0 Å². The van der Waals surface area contributed by atoms with Crippen molar-refractivity contribution in [2.24, 2.45) is 0 Å². The maximum Gasteiger partial charge on any atom is 0.233 e. The van der Waals surface area contributed by atoms with E-state index in [1.165, 1.54) is 0 Å². The van der Waals surface area contributed by atoms with E-state index in [1.54, 1.807) is 0 Å². The molecule has 3 nitrogen and oxygen atoms in total. The van der Waals surface area contributed by atoms with E-state index in [9.17, 15) is 0 Å². The summed E-state index contributed by atoms with van der Waals surface area (Å²) in [5.41, 5.74) is 10.9. The molecule has 0 aliphatic heterocycles. The van der Waals surface area contributed by atoms with Crippen molar-refractivity contribution >= 4 is 27.8 Å². The molecule has 92 valence electrons. The summed E-state index contributed by atoms with van der Waals surface area (Å²) in [6, 6.07) is 14.0. The van der Waals surface area contributed by atoms with Crippen LogP contribution >= 0.6 is 0 Å². The minimum Gasteiger partial charge on any atom is -1.00 e. The van der Waals surface area contributed by atoms with Crippen molar-refractivity contribution in [2.75, 3.05) is 5.73 Å². The number of para-hydroxylation sites is 2. The van der Waals surface area contributed by atoms with Crippen LogP contribution in [0.5, 0.6) is 0 Å². The van der Waals surface area contributed by atoms with Crippen molar-refractivity contribution < 1.29 is 28.5 Å². The molecule has 0 aliphatic rings. The van der Waals surface area contributed by atoms with Crippen LogP contribution in [0.1, 0.15) is 6.92 Å². The van der Waals surface area contributed by atoms with E-state index in [2.05, 4.69) is 22.5 Å². The molecule has 1 heterocycles. The SMILES string of the molecule is CC[n+]1c2ccccc2nc2ccc(N)cc21.[I-]. The second-order valence-electron chi connectivity index (χ2n) is 4.09. The smallest absolute Gasteiger partial charge is 0.233 e. The van der Waals surface area contributed by atoms with Gasteiger partial charge in [0.25, 0.3) is 0 Å². The Balaban J connectivity index is 0.00000120. The number of rotatable bonds is 1. The highest BCUT2D eigenvalue weighted by molar-refractivity contribution is 5.83. The highest BCUT2D eigenvalue weighted by Gasteiger charge is 2.14. The number of aromatic nitrogens is 2. The molecule has 0 amide bonds. The zero-order valence-electron chi connectivity index (χ0n) is 10.1. The first-order chi connectivity index (χ1) is 8.29. The molecule has 2 aromatic carbocycles. The number of fused-ring (bicyclic) bond motifs is 2. The average Bonchev–Trinajstić information content (AvgIpc) is 2.36. The number of hydrogen-bond donors (Lipinski definition) is 1. The van der Waals surface area contributed by atoms with Crippen LogP contribution in [0, 0.1) is 0 Å². The quantitative estimate of drug-likeness (QED) is 0.272. The number of aryl methyl sites for hydroxylation is 1. The van der Waals surface area contributed by atoms with Gasteiger partial charge in [-0.3, -0.25) is 0 Å². The molecule has 18 heavy (non-hydrogen) atoms. The summed E-state index contributed by atoms with van der Waals surface area (Å²) in [6.45, 7) is 3.04. The molecule has 1 aromatic heterocycles. The Kier molecular flexibility index (Phi) is 3.65. The van der Waals surface area contributed by atoms with Crippen LogP contribution in [-0.4, -0.2) is 4.98 Å². The molecule has 0 unspecified atom stereocenters. The Labute approximate surface area is 123 Å². The molecule has 3 aromatic rings. The molecule has 2 N–H and O–H groups in total. The predicted molar refractivity (Wildman–Crippen MR) is 69.5 cm³/mol. The molecule has 0 bridgehead atoms. The lowest BCUT2D eigenvalue weighted by Gasteiger charge is -2.03. The minimum absolute atomic E-state index is 0. The molecular formula is C14H14IN3. The lowest BCUT2D eigenvalue weighted by molar-refractivity contribution is -0.641. The van der Waals surface area contributed by atoms with Gasteiger partial charge in [0.2, 0.25) is 11.0 Å². The lowest BCUT2D eigenvalue weighted by Crippen LogP contribution is -3.00.